The fourth-order valence-corrected chi connectivity index (χ4v) is 3.76. The predicted molar refractivity (Wildman–Crippen MR) is 124 cm³/mol. The lowest BCUT2D eigenvalue weighted by Gasteiger charge is -2.16. The van der Waals surface area contributed by atoms with E-state index >= 15 is 0 Å². The van der Waals surface area contributed by atoms with Crippen molar-refractivity contribution in [2.45, 2.75) is 32.8 Å². The van der Waals surface area contributed by atoms with Crippen molar-refractivity contribution in [2.75, 3.05) is 0 Å². The van der Waals surface area contributed by atoms with Crippen molar-refractivity contribution in [1.82, 2.24) is 15.0 Å². The molecule has 4 rings (SSSR count). The number of nitrogens with zero attached hydrogens (tertiary/aromatic N) is 3. The second kappa shape index (κ2) is 9.32. The van der Waals surface area contributed by atoms with Crippen LogP contribution in [0.1, 0.15) is 23.2 Å². The van der Waals surface area contributed by atoms with Crippen LogP contribution in [0.15, 0.2) is 60.9 Å². The number of carboxylic acid groups (broad SMARTS) is 1. The molecule has 2 aromatic heterocycles. The molecule has 1 atom stereocenters. The maximum Gasteiger partial charge on any atom is 0.344 e. The number of carbonyl (C=O) groups is 1. The van der Waals surface area contributed by atoms with E-state index in [-0.39, 0.29) is 5.88 Å². The molecule has 0 radical (unpaired) electrons. The number of hydrogen-bond acceptors (Lipinski definition) is 5. The van der Waals surface area contributed by atoms with Gasteiger partial charge >= 0.3 is 5.97 Å². The summed E-state index contributed by atoms with van der Waals surface area (Å²) in [5.74, 6) is -0.794. The Bertz CT molecular complexity index is 1260. The summed E-state index contributed by atoms with van der Waals surface area (Å²) in [5, 5.41) is 11.1. The number of rotatable bonds is 7. The zero-order chi connectivity index (χ0) is 22.7. The Morgan fingerprint density at radius 2 is 1.69 bits per heavy atom. The van der Waals surface area contributed by atoms with Gasteiger partial charge in [0.15, 0.2) is 11.8 Å². The van der Waals surface area contributed by atoms with E-state index < -0.39 is 12.1 Å². The summed E-state index contributed by atoms with van der Waals surface area (Å²) < 4.78 is 5.83. The fraction of sp³-hybridized carbons (Fsp3) is 0.200. The van der Waals surface area contributed by atoms with Gasteiger partial charge in [0, 0.05) is 10.7 Å². The molecule has 0 amide bonds. The summed E-state index contributed by atoms with van der Waals surface area (Å²) in [6, 6.07) is 17.6. The normalized spacial score (nSPS) is 12.0. The Labute approximate surface area is 190 Å². The molecule has 6 nitrogen and oxygen atoms in total. The molecule has 2 heterocycles. The standard InChI is InChI=1S/C25H22ClN3O3/c1-15-13-16(2)29-23-22(15)24(28-14-27-23)32-21(25(30)31)12-5-17-3-6-18(7-4-17)19-8-10-20(26)11-9-19/h3-4,6-11,13-14,21H,5,12H2,1-2H3,(H,30,31). The molecule has 0 fully saturated rings. The zero-order valence-electron chi connectivity index (χ0n) is 17.7. The molecule has 0 spiro atoms. The van der Waals surface area contributed by atoms with Crippen LogP contribution in [0, 0.1) is 13.8 Å². The van der Waals surface area contributed by atoms with Crippen molar-refractivity contribution in [3.63, 3.8) is 0 Å². The van der Waals surface area contributed by atoms with Crippen LogP contribution >= 0.6 is 11.6 Å². The highest BCUT2D eigenvalue weighted by Crippen LogP contribution is 2.26. The maximum absolute atomic E-state index is 11.9. The van der Waals surface area contributed by atoms with E-state index in [2.05, 4.69) is 15.0 Å². The van der Waals surface area contributed by atoms with Gasteiger partial charge < -0.3 is 9.84 Å². The number of fused-ring (bicyclic) bond motifs is 1. The third-order valence-electron chi connectivity index (χ3n) is 5.25. The summed E-state index contributed by atoms with van der Waals surface area (Å²) in [6.07, 6.45) is 1.17. The van der Waals surface area contributed by atoms with Crippen molar-refractivity contribution in [3.8, 4) is 17.0 Å². The van der Waals surface area contributed by atoms with Crippen molar-refractivity contribution in [3.05, 3.63) is 82.8 Å². The number of aromatic nitrogens is 3. The second-order valence-corrected chi connectivity index (χ2v) is 8.08. The van der Waals surface area contributed by atoms with E-state index in [4.69, 9.17) is 16.3 Å². The van der Waals surface area contributed by atoms with Gasteiger partial charge in [0.05, 0.1) is 5.39 Å². The SMILES string of the molecule is Cc1cc(C)c2c(OC(CCc3ccc(-c4ccc(Cl)cc4)cc3)C(=O)O)ncnc2n1. The van der Waals surface area contributed by atoms with Crippen LogP contribution in [-0.4, -0.2) is 32.1 Å². The lowest BCUT2D eigenvalue weighted by Crippen LogP contribution is -2.28. The molecule has 0 aliphatic rings. The van der Waals surface area contributed by atoms with E-state index in [9.17, 15) is 9.90 Å². The average Bonchev–Trinajstić information content (AvgIpc) is 2.77. The second-order valence-electron chi connectivity index (χ2n) is 7.65. The summed E-state index contributed by atoms with van der Waals surface area (Å²) in [7, 11) is 0. The number of hydrogen-bond donors (Lipinski definition) is 1. The first kappa shape index (κ1) is 21.7. The Kier molecular flexibility index (Phi) is 6.32. The Morgan fingerprint density at radius 1 is 1.03 bits per heavy atom. The number of benzene rings is 2. The van der Waals surface area contributed by atoms with E-state index in [0.29, 0.717) is 28.9 Å². The summed E-state index contributed by atoms with van der Waals surface area (Å²) in [6.45, 7) is 3.79. The number of pyridine rings is 1. The van der Waals surface area contributed by atoms with E-state index in [1.807, 2.05) is 68.4 Å². The van der Waals surface area contributed by atoms with Crippen molar-refractivity contribution in [2.24, 2.45) is 0 Å². The number of halogens is 1. The Hall–Kier alpha value is -3.51. The molecule has 1 unspecified atom stereocenters. The van der Waals surface area contributed by atoms with Crippen LogP contribution in [0.25, 0.3) is 22.2 Å². The molecule has 0 saturated carbocycles. The topological polar surface area (TPSA) is 85.2 Å². The van der Waals surface area contributed by atoms with Gasteiger partial charge in [-0.1, -0.05) is 48.0 Å². The molecule has 0 bridgehead atoms. The van der Waals surface area contributed by atoms with Crippen molar-refractivity contribution >= 4 is 28.6 Å². The minimum atomic E-state index is -1.04. The van der Waals surface area contributed by atoms with Crippen LogP contribution in [0.3, 0.4) is 0 Å². The lowest BCUT2D eigenvalue weighted by molar-refractivity contribution is -0.145. The smallest absolute Gasteiger partial charge is 0.344 e. The minimum Gasteiger partial charge on any atom is -0.479 e. The molecule has 32 heavy (non-hydrogen) atoms. The number of aliphatic carboxylic acids is 1. The highest BCUT2D eigenvalue weighted by Gasteiger charge is 2.22. The summed E-state index contributed by atoms with van der Waals surface area (Å²) >= 11 is 5.96. The third kappa shape index (κ3) is 4.86. The predicted octanol–water partition coefficient (Wildman–Crippen LogP) is 5.43. The first-order valence-corrected chi connectivity index (χ1v) is 10.6. The highest BCUT2D eigenvalue weighted by molar-refractivity contribution is 6.30. The molecule has 4 aromatic rings. The summed E-state index contributed by atoms with van der Waals surface area (Å²) in [5.41, 5.74) is 5.39. The fourth-order valence-electron chi connectivity index (χ4n) is 3.64. The molecule has 2 aromatic carbocycles. The van der Waals surface area contributed by atoms with Gasteiger partial charge in [-0.2, -0.15) is 0 Å². The molecule has 0 aliphatic heterocycles. The van der Waals surface area contributed by atoms with E-state index in [0.717, 1.165) is 27.9 Å². The third-order valence-corrected chi connectivity index (χ3v) is 5.50. The minimum absolute atomic E-state index is 0.241. The van der Waals surface area contributed by atoms with E-state index in [1.54, 1.807) is 0 Å². The van der Waals surface area contributed by atoms with Crippen LogP contribution in [0.5, 0.6) is 5.88 Å². The van der Waals surface area contributed by atoms with Crippen LogP contribution in [0.2, 0.25) is 5.02 Å². The van der Waals surface area contributed by atoms with Crippen LogP contribution < -0.4 is 4.74 Å². The highest BCUT2D eigenvalue weighted by atomic mass is 35.5. The molecule has 0 saturated heterocycles. The lowest BCUT2D eigenvalue weighted by atomic mass is 10.0. The zero-order valence-corrected chi connectivity index (χ0v) is 18.5. The quantitative estimate of drug-likeness (QED) is 0.406. The molecule has 7 heteroatoms. The van der Waals surface area contributed by atoms with Gasteiger partial charge in [0.1, 0.15) is 6.33 Å². The average molecular weight is 448 g/mol. The maximum atomic E-state index is 11.9. The first-order chi connectivity index (χ1) is 15.4. The van der Waals surface area contributed by atoms with Gasteiger partial charge in [-0.05, 0) is 67.1 Å². The molecule has 0 aliphatic carbocycles. The largest absolute Gasteiger partial charge is 0.479 e. The van der Waals surface area contributed by atoms with Crippen molar-refractivity contribution < 1.29 is 14.6 Å². The molecule has 1 N–H and O–H groups in total. The first-order valence-electron chi connectivity index (χ1n) is 10.2. The number of aryl methyl sites for hydroxylation is 3. The number of ether oxygens (including phenoxy) is 1. The van der Waals surface area contributed by atoms with E-state index in [1.165, 1.54) is 6.33 Å². The van der Waals surface area contributed by atoms with Gasteiger partial charge in [0.25, 0.3) is 0 Å². The summed E-state index contributed by atoms with van der Waals surface area (Å²) in [4.78, 5) is 24.6. The van der Waals surface area contributed by atoms with Gasteiger partial charge in [-0.15, -0.1) is 0 Å². The monoisotopic (exact) mass is 447 g/mol. The number of carboxylic acids is 1. The van der Waals surface area contributed by atoms with Crippen molar-refractivity contribution in [1.29, 1.82) is 0 Å². The van der Waals surface area contributed by atoms with Crippen LogP contribution in [-0.2, 0) is 11.2 Å². The molecular formula is C25H22ClN3O3. The van der Waals surface area contributed by atoms with Gasteiger partial charge in [0.2, 0.25) is 5.88 Å². The Balaban J connectivity index is 1.49. The van der Waals surface area contributed by atoms with Gasteiger partial charge in [-0.3, -0.25) is 0 Å². The molecular weight excluding hydrogens is 426 g/mol. The van der Waals surface area contributed by atoms with Crippen LogP contribution in [0.4, 0.5) is 0 Å². The van der Waals surface area contributed by atoms with Gasteiger partial charge in [-0.25, -0.2) is 19.7 Å². The Morgan fingerprint density at radius 3 is 2.34 bits per heavy atom. The molecule has 162 valence electrons.